The fourth-order valence-corrected chi connectivity index (χ4v) is 2.41. The highest BCUT2D eigenvalue weighted by Crippen LogP contribution is 2.08. The average molecular weight is 280 g/mol. The number of aromatic nitrogens is 2. The van der Waals surface area contributed by atoms with E-state index in [0.29, 0.717) is 13.1 Å². The molecule has 0 radical (unpaired) electrons. The van der Waals surface area contributed by atoms with Gasteiger partial charge in [0.25, 0.3) is 5.56 Å². The normalized spacial score (nSPS) is 10.9. The molecule has 1 aromatic rings. The summed E-state index contributed by atoms with van der Waals surface area (Å²) in [6, 6.07) is 1.48. The SMILES string of the molecule is CCCCCCCCCCn1c(=O)ccn(CC)c1=O. The summed E-state index contributed by atoms with van der Waals surface area (Å²) >= 11 is 0. The molecule has 0 spiro atoms. The van der Waals surface area contributed by atoms with E-state index >= 15 is 0 Å². The van der Waals surface area contributed by atoms with Gasteiger partial charge in [0.2, 0.25) is 0 Å². The van der Waals surface area contributed by atoms with Gasteiger partial charge in [-0.1, -0.05) is 51.9 Å². The first-order chi connectivity index (χ1) is 9.70. The fourth-order valence-electron chi connectivity index (χ4n) is 2.41. The maximum Gasteiger partial charge on any atom is 0.330 e. The van der Waals surface area contributed by atoms with Crippen molar-refractivity contribution in [1.29, 1.82) is 0 Å². The predicted octanol–water partition coefficient (Wildman–Crippen LogP) is 3.17. The molecule has 1 heterocycles. The first-order valence-electron chi connectivity index (χ1n) is 8.01. The van der Waals surface area contributed by atoms with Crippen LogP contribution in [0, 0.1) is 0 Å². The first kappa shape index (κ1) is 16.7. The molecule has 0 aromatic carbocycles. The number of hydrogen-bond donors (Lipinski definition) is 0. The molecule has 4 heteroatoms. The van der Waals surface area contributed by atoms with Gasteiger partial charge in [-0.25, -0.2) is 4.79 Å². The Labute approximate surface area is 121 Å². The zero-order valence-corrected chi connectivity index (χ0v) is 12.9. The van der Waals surface area contributed by atoms with Crippen molar-refractivity contribution < 1.29 is 0 Å². The molecule has 20 heavy (non-hydrogen) atoms. The minimum atomic E-state index is -0.178. The van der Waals surface area contributed by atoms with Gasteiger partial charge in [-0.2, -0.15) is 0 Å². The lowest BCUT2D eigenvalue weighted by atomic mass is 10.1. The van der Waals surface area contributed by atoms with Gasteiger partial charge in [0, 0.05) is 25.4 Å². The summed E-state index contributed by atoms with van der Waals surface area (Å²) < 4.78 is 2.94. The maximum atomic E-state index is 12.0. The molecule has 0 bridgehead atoms. The Morgan fingerprint density at radius 2 is 1.50 bits per heavy atom. The van der Waals surface area contributed by atoms with Crippen LogP contribution in [0.4, 0.5) is 0 Å². The minimum Gasteiger partial charge on any atom is -0.301 e. The predicted molar refractivity (Wildman–Crippen MR) is 83.2 cm³/mol. The summed E-state index contributed by atoms with van der Waals surface area (Å²) in [5.41, 5.74) is -0.356. The number of nitrogens with zero attached hydrogens (tertiary/aromatic N) is 2. The van der Waals surface area contributed by atoms with Crippen LogP contribution >= 0.6 is 0 Å². The van der Waals surface area contributed by atoms with E-state index in [-0.39, 0.29) is 11.2 Å². The first-order valence-corrected chi connectivity index (χ1v) is 8.01. The van der Waals surface area contributed by atoms with E-state index < -0.39 is 0 Å². The number of hydrogen-bond acceptors (Lipinski definition) is 2. The largest absolute Gasteiger partial charge is 0.330 e. The van der Waals surface area contributed by atoms with E-state index in [4.69, 9.17) is 0 Å². The van der Waals surface area contributed by atoms with E-state index in [1.54, 1.807) is 10.8 Å². The molecule has 4 nitrogen and oxygen atoms in total. The number of rotatable bonds is 10. The Bertz CT molecular complexity index is 488. The lowest BCUT2D eigenvalue weighted by molar-refractivity contribution is 0.507. The van der Waals surface area contributed by atoms with Crippen molar-refractivity contribution in [1.82, 2.24) is 9.13 Å². The molecule has 0 amide bonds. The summed E-state index contributed by atoms with van der Waals surface area (Å²) in [6.07, 6.45) is 11.3. The van der Waals surface area contributed by atoms with Gasteiger partial charge in [0.15, 0.2) is 0 Å². The molecule has 0 saturated carbocycles. The highest BCUT2D eigenvalue weighted by Gasteiger charge is 2.03. The van der Waals surface area contributed by atoms with Crippen molar-refractivity contribution in [2.75, 3.05) is 0 Å². The van der Waals surface area contributed by atoms with Crippen molar-refractivity contribution in [3.8, 4) is 0 Å². The third kappa shape index (κ3) is 5.35. The Morgan fingerprint density at radius 3 is 2.10 bits per heavy atom. The smallest absolute Gasteiger partial charge is 0.301 e. The lowest BCUT2D eigenvalue weighted by Gasteiger charge is -2.08. The van der Waals surface area contributed by atoms with Gasteiger partial charge in [0.1, 0.15) is 0 Å². The molecule has 0 unspecified atom stereocenters. The zero-order chi connectivity index (χ0) is 14.8. The van der Waals surface area contributed by atoms with E-state index in [1.165, 1.54) is 49.2 Å². The van der Waals surface area contributed by atoms with Gasteiger partial charge >= 0.3 is 5.69 Å². The highest BCUT2D eigenvalue weighted by molar-refractivity contribution is 4.86. The Morgan fingerprint density at radius 1 is 0.900 bits per heavy atom. The van der Waals surface area contributed by atoms with Crippen LogP contribution in [0.5, 0.6) is 0 Å². The van der Waals surface area contributed by atoms with Crippen molar-refractivity contribution in [2.24, 2.45) is 0 Å². The van der Waals surface area contributed by atoms with Crippen molar-refractivity contribution in [3.05, 3.63) is 33.1 Å². The molecule has 1 aromatic heterocycles. The molecule has 0 N–H and O–H groups in total. The monoisotopic (exact) mass is 280 g/mol. The maximum absolute atomic E-state index is 12.0. The lowest BCUT2D eigenvalue weighted by Crippen LogP contribution is -2.38. The standard InChI is InChI=1S/C16H28N2O2/c1-3-5-6-7-8-9-10-11-13-18-15(19)12-14-17(4-2)16(18)20/h12,14H,3-11,13H2,1-2H3. The Balaban J connectivity index is 2.32. The van der Waals surface area contributed by atoms with Crippen molar-refractivity contribution in [3.63, 3.8) is 0 Å². The summed E-state index contributed by atoms with van der Waals surface area (Å²) in [5, 5.41) is 0. The molecular formula is C16H28N2O2. The third-order valence-corrected chi connectivity index (χ3v) is 3.72. The Kier molecular flexibility index (Phi) is 8.00. The average Bonchev–Trinajstić information content (AvgIpc) is 2.45. The number of aryl methyl sites for hydroxylation is 1. The summed E-state index contributed by atoms with van der Waals surface area (Å²) in [4.78, 5) is 23.7. The second-order valence-electron chi connectivity index (χ2n) is 5.35. The van der Waals surface area contributed by atoms with E-state index in [2.05, 4.69) is 6.92 Å². The van der Waals surface area contributed by atoms with Crippen molar-refractivity contribution >= 4 is 0 Å². The van der Waals surface area contributed by atoms with Crippen molar-refractivity contribution in [2.45, 2.75) is 78.3 Å². The second-order valence-corrected chi connectivity index (χ2v) is 5.35. The van der Waals surface area contributed by atoms with Crippen LogP contribution in [0.2, 0.25) is 0 Å². The molecule has 0 aliphatic rings. The topological polar surface area (TPSA) is 44.0 Å². The molecule has 114 valence electrons. The van der Waals surface area contributed by atoms with Crippen LogP contribution in [0.15, 0.2) is 21.9 Å². The van der Waals surface area contributed by atoms with Crippen LogP contribution in [-0.4, -0.2) is 9.13 Å². The van der Waals surface area contributed by atoms with Crippen LogP contribution in [0.25, 0.3) is 0 Å². The summed E-state index contributed by atoms with van der Waals surface area (Å²) in [7, 11) is 0. The van der Waals surface area contributed by atoms with Gasteiger partial charge in [-0.3, -0.25) is 9.36 Å². The van der Waals surface area contributed by atoms with E-state index in [1.807, 2.05) is 6.92 Å². The van der Waals surface area contributed by atoms with Crippen LogP contribution in [0.1, 0.15) is 65.2 Å². The van der Waals surface area contributed by atoms with Gasteiger partial charge in [-0.05, 0) is 13.3 Å². The molecule has 1 rings (SSSR count). The molecule has 0 saturated heterocycles. The summed E-state index contributed by atoms with van der Waals surface area (Å²) in [6.45, 7) is 5.29. The molecule has 0 aliphatic carbocycles. The fraction of sp³-hybridized carbons (Fsp3) is 0.750. The van der Waals surface area contributed by atoms with E-state index in [0.717, 1.165) is 12.8 Å². The molecule has 0 fully saturated rings. The van der Waals surface area contributed by atoms with E-state index in [9.17, 15) is 9.59 Å². The third-order valence-electron chi connectivity index (χ3n) is 3.72. The molecular weight excluding hydrogens is 252 g/mol. The quantitative estimate of drug-likeness (QED) is 0.618. The minimum absolute atomic E-state index is 0.178. The van der Waals surface area contributed by atoms with Gasteiger partial charge < -0.3 is 4.57 Å². The molecule has 0 aliphatic heterocycles. The second kappa shape index (κ2) is 9.56. The van der Waals surface area contributed by atoms with Crippen LogP contribution in [-0.2, 0) is 13.1 Å². The van der Waals surface area contributed by atoms with Gasteiger partial charge in [0.05, 0.1) is 0 Å². The zero-order valence-electron chi connectivity index (χ0n) is 12.9. The summed E-state index contributed by atoms with van der Waals surface area (Å²) in [5.74, 6) is 0. The van der Waals surface area contributed by atoms with Gasteiger partial charge in [-0.15, -0.1) is 0 Å². The number of unbranched alkanes of at least 4 members (excludes halogenated alkanes) is 7. The van der Waals surface area contributed by atoms with Crippen LogP contribution < -0.4 is 11.2 Å². The Hall–Kier alpha value is -1.32. The highest BCUT2D eigenvalue weighted by atomic mass is 16.2. The molecule has 0 atom stereocenters. The van der Waals surface area contributed by atoms with Crippen LogP contribution in [0.3, 0.4) is 0 Å².